The van der Waals surface area contributed by atoms with Crippen molar-refractivity contribution in [3.05, 3.63) is 0 Å². The predicted octanol–water partition coefficient (Wildman–Crippen LogP) is 0.656. The summed E-state index contributed by atoms with van der Waals surface area (Å²) in [6.45, 7) is -0.277. The summed E-state index contributed by atoms with van der Waals surface area (Å²) in [6, 6.07) is 0. The molecule has 1 aliphatic rings. The standard InChI is InChI=1S/C10H18F2N2O2/c11-8(12)7-16-6-5-14-9(15)10(13)3-1-2-4-10/h8H,1-7,13H2,(H,14,15). The minimum Gasteiger partial charge on any atom is -0.374 e. The summed E-state index contributed by atoms with van der Waals surface area (Å²) >= 11 is 0. The summed E-state index contributed by atoms with van der Waals surface area (Å²) in [4.78, 5) is 11.6. The molecular formula is C10H18F2N2O2. The Labute approximate surface area is 93.5 Å². The fraction of sp³-hybridized carbons (Fsp3) is 0.900. The molecule has 3 N–H and O–H groups in total. The van der Waals surface area contributed by atoms with Gasteiger partial charge in [0.2, 0.25) is 5.91 Å². The molecule has 0 aliphatic heterocycles. The SMILES string of the molecule is NC1(C(=O)NCCOCC(F)F)CCCC1. The number of halogens is 2. The van der Waals surface area contributed by atoms with Crippen LogP contribution in [0, 0.1) is 0 Å². The molecule has 0 radical (unpaired) electrons. The Kier molecular flexibility index (Phi) is 5.08. The van der Waals surface area contributed by atoms with Crippen molar-refractivity contribution in [1.82, 2.24) is 5.32 Å². The van der Waals surface area contributed by atoms with E-state index in [0.717, 1.165) is 12.8 Å². The molecule has 0 saturated heterocycles. The lowest BCUT2D eigenvalue weighted by molar-refractivity contribution is -0.126. The smallest absolute Gasteiger partial charge is 0.261 e. The van der Waals surface area contributed by atoms with Crippen molar-refractivity contribution < 1.29 is 18.3 Å². The van der Waals surface area contributed by atoms with E-state index in [0.29, 0.717) is 12.8 Å². The Bertz CT molecular complexity index is 231. The number of carbonyl (C=O) groups is 1. The zero-order chi connectivity index (χ0) is 12.0. The van der Waals surface area contributed by atoms with Crippen LogP contribution < -0.4 is 11.1 Å². The van der Waals surface area contributed by atoms with Gasteiger partial charge in [0, 0.05) is 6.54 Å². The second kappa shape index (κ2) is 6.10. The number of hydrogen-bond acceptors (Lipinski definition) is 3. The van der Waals surface area contributed by atoms with Crippen molar-refractivity contribution in [2.75, 3.05) is 19.8 Å². The fourth-order valence-corrected chi connectivity index (χ4v) is 1.82. The van der Waals surface area contributed by atoms with Crippen LogP contribution >= 0.6 is 0 Å². The summed E-state index contributed by atoms with van der Waals surface area (Å²) in [5.74, 6) is -0.203. The van der Waals surface area contributed by atoms with E-state index in [2.05, 4.69) is 10.1 Å². The maximum atomic E-state index is 11.7. The van der Waals surface area contributed by atoms with Gasteiger partial charge in [-0.2, -0.15) is 0 Å². The normalized spacial score (nSPS) is 19.0. The molecule has 0 aromatic heterocycles. The first-order valence-electron chi connectivity index (χ1n) is 5.48. The van der Waals surface area contributed by atoms with Crippen LogP contribution in [0.25, 0.3) is 0 Å². The number of ether oxygens (including phenoxy) is 1. The molecule has 1 saturated carbocycles. The van der Waals surface area contributed by atoms with E-state index < -0.39 is 18.6 Å². The third-order valence-corrected chi connectivity index (χ3v) is 2.72. The number of alkyl halides is 2. The molecule has 0 aromatic carbocycles. The summed E-state index contributed by atoms with van der Waals surface area (Å²) in [6.07, 6.45) is 0.844. The van der Waals surface area contributed by atoms with Crippen LogP contribution in [0.1, 0.15) is 25.7 Å². The second-order valence-corrected chi connectivity index (χ2v) is 4.09. The lowest BCUT2D eigenvalue weighted by Crippen LogP contribution is -2.52. The van der Waals surface area contributed by atoms with Crippen LogP contribution in [0.3, 0.4) is 0 Å². The van der Waals surface area contributed by atoms with E-state index in [1.807, 2.05) is 0 Å². The average molecular weight is 236 g/mol. The van der Waals surface area contributed by atoms with E-state index in [9.17, 15) is 13.6 Å². The van der Waals surface area contributed by atoms with Crippen molar-refractivity contribution in [2.45, 2.75) is 37.6 Å². The van der Waals surface area contributed by atoms with Crippen LogP contribution in [0.2, 0.25) is 0 Å². The maximum Gasteiger partial charge on any atom is 0.261 e. The fourth-order valence-electron chi connectivity index (χ4n) is 1.82. The lowest BCUT2D eigenvalue weighted by Gasteiger charge is -2.22. The minimum atomic E-state index is -2.47. The second-order valence-electron chi connectivity index (χ2n) is 4.09. The highest BCUT2D eigenvalue weighted by Gasteiger charge is 2.36. The summed E-state index contributed by atoms with van der Waals surface area (Å²) in [5, 5.41) is 2.61. The van der Waals surface area contributed by atoms with Crippen molar-refractivity contribution in [2.24, 2.45) is 5.73 Å². The maximum absolute atomic E-state index is 11.7. The average Bonchev–Trinajstić information content (AvgIpc) is 2.65. The van der Waals surface area contributed by atoms with Gasteiger partial charge < -0.3 is 15.8 Å². The van der Waals surface area contributed by atoms with E-state index in [-0.39, 0.29) is 19.1 Å². The molecule has 0 bridgehead atoms. The Morgan fingerprint density at radius 2 is 2.06 bits per heavy atom. The highest BCUT2D eigenvalue weighted by atomic mass is 19.3. The molecule has 1 rings (SSSR count). The first-order valence-corrected chi connectivity index (χ1v) is 5.48. The number of nitrogens with two attached hydrogens (primary N) is 1. The topological polar surface area (TPSA) is 64.4 Å². The van der Waals surface area contributed by atoms with Gasteiger partial charge in [-0.05, 0) is 12.8 Å². The molecule has 0 atom stereocenters. The number of nitrogens with one attached hydrogen (secondary N) is 1. The molecular weight excluding hydrogens is 218 g/mol. The predicted molar refractivity (Wildman–Crippen MR) is 55.2 cm³/mol. The third-order valence-electron chi connectivity index (χ3n) is 2.72. The molecule has 94 valence electrons. The van der Waals surface area contributed by atoms with Gasteiger partial charge in [0.15, 0.2) is 0 Å². The highest BCUT2D eigenvalue weighted by molar-refractivity contribution is 5.86. The monoisotopic (exact) mass is 236 g/mol. The summed E-state index contributed by atoms with van der Waals surface area (Å²) < 4.78 is 28.0. The van der Waals surface area contributed by atoms with Crippen LogP contribution in [0.15, 0.2) is 0 Å². The van der Waals surface area contributed by atoms with Crippen LogP contribution in [-0.4, -0.2) is 37.6 Å². The molecule has 0 heterocycles. The molecule has 1 amide bonds. The third kappa shape index (κ3) is 4.02. The van der Waals surface area contributed by atoms with Crippen molar-refractivity contribution >= 4 is 5.91 Å². The molecule has 0 unspecified atom stereocenters. The zero-order valence-corrected chi connectivity index (χ0v) is 9.18. The van der Waals surface area contributed by atoms with Crippen molar-refractivity contribution in [3.63, 3.8) is 0 Å². The molecule has 1 aliphatic carbocycles. The number of hydrogen-bond donors (Lipinski definition) is 2. The highest BCUT2D eigenvalue weighted by Crippen LogP contribution is 2.26. The van der Waals surface area contributed by atoms with E-state index in [4.69, 9.17) is 5.73 Å². The first kappa shape index (κ1) is 13.3. The first-order chi connectivity index (χ1) is 7.54. The largest absolute Gasteiger partial charge is 0.374 e. The van der Waals surface area contributed by atoms with Crippen LogP contribution in [0.4, 0.5) is 8.78 Å². The van der Waals surface area contributed by atoms with Gasteiger partial charge in [-0.3, -0.25) is 4.79 Å². The molecule has 0 aromatic rings. The number of rotatable bonds is 6. The van der Waals surface area contributed by atoms with Gasteiger partial charge in [0.05, 0.1) is 12.1 Å². The van der Waals surface area contributed by atoms with E-state index >= 15 is 0 Å². The molecule has 16 heavy (non-hydrogen) atoms. The van der Waals surface area contributed by atoms with Gasteiger partial charge in [0.25, 0.3) is 6.43 Å². The zero-order valence-electron chi connectivity index (χ0n) is 9.18. The Balaban J connectivity index is 2.10. The van der Waals surface area contributed by atoms with Crippen LogP contribution in [0.5, 0.6) is 0 Å². The number of amides is 1. The lowest BCUT2D eigenvalue weighted by atomic mass is 9.98. The van der Waals surface area contributed by atoms with Crippen molar-refractivity contribution in [1.29, 1.82) is 0 Å². The Morgan fingerprint density at radius 1 is 1.44 bits per heavy atom. The quantitative estimate of drug-likeness (QED) is 0.666. The Morgan fingerprint density at radius 3 is 2.62 bits per heavy atom. The summed E-state index contributed by atoms with van der Waals surface area (Å²) in [7, 11) is 0. The molecule has 4 nitrogen and oxygen atoms in total. The van der Waals surface area contributed by atoms with Gasteiger partial charge in [-0.15, -0.1) is 0 Å². The van der Waals surface area contributed by atoms with Gasteiger partial charge in [0.1, 0.15) is 6.61 Å². The van der Waals surface area contributed by atoms with E-state index in [1.165, 1.54) is 0 Å². The van der Waals surface area contributed by atoms with Crippen molar-refractivity contribution in [3.8, 4) is 0 Å². The molecule has 1 fully saturated rings. The van der Waals surface area contributed by atoms with Crippen LogP contribution in [-0.2, 0) is 9.53 Å². The van der Waals surface area contributed by atoms with Gasteiger partial charge in [-0.1, -0.05) is 12.8 Å². The molecule has 0 spiro atoms. The number of carbonyl (C=O) groups excluding carboxylic acids is 1. The summed E-state index contributed by atoms with van der Waals surface area (Å²) in [5.41, 5.74) is 5.13. The van der Waals surface area contributed by atoms with Gasteiger partial charge in [-0.25, -0.2) is 8.78 Å². The Hall–Kier alpha value is -0.750. The van der Waals surface area contributed by atoms with E-state index in [1.54, 1.807) is 0 Å². The minimum absolute atomic E-state index is 0.0894. The van der Waals surface area contributed by atoms with Gasteiger partial charge >= 0.3 is 0 Å². The molecule has 6 heteroatoms.